The Morgan fingerprint density at radius 2 is 1.83 bits per heavy atom. The Bertz CT molecular complexity index is 857. The second-order valence-corrected chi connectivity index (χ2v) is 7.75. The summed E-state index contributed by atoms with van der Waals surface area (Å²) in [5, 5.41) is 14.6. The van der Waals surface area contributed by atoms with Gasteiger partial charge >= 0.3 is 0 Å². The number of hydrogen-bond donors (Lipinski definition) is 2. The highest BCUT2D eigenvalue weighted by Gasteiger charge is 2.22. The monoisotopic (exact) mass is 407 g/mol. The lowest BCUT2D eigenvalue weighted by Crippen LogP contribution is -2.47. The predicted molar refractivity (Wildman–Crippen MR) is 118 cm³/mol. The van der Waals surface area contributed by atoms with Crippen LogP contribution in [0.4, 0.5) is 17.5 Å². The number of nitrogens with zero attached hydrogens (tertiary/aromatic N) is 5. The fraction of sp³-hybridized carbons (Fsp3) is 0.455. The van der Waals surface area contributed by atoms with Gasteiger partial charge in [0.15, 0.2) is 0 Å². The van der Waals surface area contributed by atoms with Crippen LogP contribution in [0.2, 0.25) is 0 Å². The van der Waals surface area contributed by atoms with Crippen molar-refractivity contribution in [2.24, 2.45) is 5.92 Å². The number of nitrogens with one attached hydrogen (secondary N) is 2. The lowest BCUT2D eigenvalue weighted by molar-refractivity contribution is -0.121. The van der Waals surface area contributed by atoms with Gasteiger partial charge < -0.3 is 20.4 Å². The third-order valence-electron chi connectivity index (χ3n) is 5.01. The summed E-state index contributed by atoms with van der Waals surface area (Å²) in [6.07, 6.45) is 2.36. The second-order valence-electron chi connectivity index (χ2n) is 7.75. The number of benzene rings is 1. The molecule has 1 saturated heterocycles. The molecule has 0 aliphatic carbocycles. The highest BCUT2D eigenvalue weighted by Crippen LogP contribution is 2.19. The molecule has 0 spiro atoms. The predicted octanol–water partition coefficient (Wildman–Crippen LogP) is 2.27. The van der Waals surface area contributed by atoms with E-state index < -0.39 is 6.04 Å². The Kier molecular flexibility index (Phi) is 7.44. The summed E-state index contributed by atoms with van der Waals surface area (Å²) in [6, 6.07) is 13.7. The molecule has 8 heteroatoms. The van der Waals surface area contributed by atoms with Crippen LogP contribution in [0.5, 0.6) is 0 Å². The van der Waals surface area contributed by atoms with Crippen LogP contribution >= 0.6 is 0 Å². The molecule has 1 fully saturated rings. The van der Waals surface area contributed by atoms with Crippen molar-refractivity contribution in [2.45, 2.75) is 26.3 Å². The van der Waals surface area contributed by atoms with Gasteiger partial charge in [-0.15, -0.1) is 0 Å². The van der Waals surface area contributed by atoms with Crippen molar-refractivity contribution < 1.29 is 4.79 Å². The number of nitriles is 1. The fourth-order valence-corrected chi connectivity index (χ4v) is 3.52. The van der Waals surface area contributed by atoms with E-state index in [0.29, 0.717) is 24.1 Å². The molecular formula is C22H29N7O. The van der Waals surface area contributed by atoms with E-state index in [1.54, 1.807) is 12.3 Å². The standard InChI is InChI=1S/C22H29N7O/c1-17(2)16-19(21(30)24-11-9-23)26-20-8-10-25-22(27-20)29-14-12-28(13-15-29)18-6-4-3-5-7-18/h3-8,10,17,19H,11-16H2,1-2H3,(H,24,30)(H,25,26,27)/t19-/m0/s1. The van der Waals surface area contributed by atoms with Gasteiger partial charge in [-0.1, -0.05) is 32.0 Å². The van der Waals surface area contributed by atoms with E-state index in [4.69, 9.17) is 5.26 Å². The van der Waals surface area contributed by atoms with Crippen LogP contribution in [-0.2, 0) is 4.79 Å². The van der Waals surface area contributed by atoms with Crippen molar-refractivity contribution in [2.75, 3.05) is 47.8 Å². The molecule has 1 atom stereocenters. The third-order valence-corrected chi connectivity index (χ3v) is 5.01. The molecule has 1 amide bonds. The average molecular weight is 408 g/mol. The van der Waals surface area contributed by atoms with Gasteiger partial charge in [0.1, 0.15) is 18.4 Å². The maximum Gasteiger partial charge on any atom is 0.243 e. The zero-order valence-corrected chi connectivity index (χ0v) is 17.6. The minimum atomic E-state index is -0.448. The van der Waals surface area contributed by atoms with E-state index in [1.807, 2.05) is 12.1 Å². The van der Waals surface area contributed by atoms with Gasteiger partial charge in [0.2, 0.25) is 11.9 Å². The van der Waals surface area contributed by atoms with Crippen molar-refractivity contribution in [1.82, 2.24) is 15.3 Å². The largest absolute Gasteiger partial charge is 0.368 e. The molecule has 2 aromatic rings. The fourth-order valence-electron chi connectivity index (χ4n) is 3.52. The molecule has 2 heterocycles. The second kappa shape index (κ2) is 10.4. The van der Waals surface area contributed by atoms with Crippen LogP contribution in [-0.4, -0.2) is 54.6 Å². The number of hydrogen-bond acceptors (Lipinski definition) is 7. The summed E-state index contributed by atoms with van der Waals surface area (Å²) in [5.74, 6) is 1.40. The van der Waals surface area contributed by atoms with Crippen molar-refractivity contribution in [3.05, 3.63) is 42.6 Å². The van der Waals surface area contributed by atoms with Crippen molar-refractivity contribution >= 4 is 23.4 Å². The molecule has 0 unspecified atom stereocenters. The van der Waals surface area contributed by atoms with Crippen LogP contribution in [0.15, 0.2) is 42.6 Å². The zero-order valence-electron chi connectivity index (χ0n) is 17.6. The average Bonchev–Trinajstić information content (AvgIpc) is 2.77. The van der Waals surface area contributed by atoms with Gasteiger partial charge in [-0.3, -0.25) is 4.79 Å². The molecule has 158 valence electrons. The van der Waals surface area contributed by atoms with Crippen molar-refractivity contribution in [1.29, 1.82) is 5.26 Å². The minimum absolute atomic E-state index is 0.00414. The molecule has 2 N–H and O–H groups in total. The van der Waals surface area contributed by atoms with E-state index in [0.717, 1.165) is 26.2 Å². The van der Waals surface area contributed by atoms with Crippen LogP contribution < -0.4 is 20.4 Å². The number of carbonyl (C=O) groups is 1. The van der Waals surface area contributed by atoms with Gasteiger partial charge in [0, 0.05) is 38.1 Å². The van der Waals surface area contributed by atoms with Crippen LogP contribution in [0, 0.1) is 17.2 Å². The summed E-state index contributed by atoms with van der Waals surface area (Å²) in [4.78, 5) is 26.0. The quantitative estimate of drug-likeness (QED) is 0.648. The molecule has 0 radical (unpaired) electrons. The summed E-state index contributed by atoms with van der Waals surface area (Å²) in [6.45, 7) is 7.57. The number of rotatable bonds is 8. The van der Waals surface area contributed by atoms with Crippen molar-refractivity contribution in [3.63, 3.8) is 0 Å². The van der Waals surface area contributed by atoms with Crippen LogP contribution in [0.1, 0.15) is 20.3 Å². The molecule has 1 aromatic heterocycles. The molecule has 8 nitrogen and oxygen atoms in total. The van der Waals surface area contributed by atoms with Gasteiger partial charge in [0.25, 0.3) is 0 Å². The normalized spacial score (nSPS) is 14.9. The number of para-hydroxylation sites is 1. The minimum Gasteiger partial charge on any atom is -0.368 e. The summed E-state index contributed by atoms with van der Waals surface area (Å²) >= 11 is 0. The SMILES string of the molecule is CC(C)C[C@H](Nc1ccnc(N2CCN(c3ccccc3)CC2)n1)C(=O)NCC#N. The lowest BCUT2D eigenvalue weighted by Gasteiger charge is -2.36. The highest BCUT2D eigenvalue weighted by molar-refractivity contribution is 5.84. The number of amides is 1. The van der Waals surface area contributed by atoms with Gasteiger partial charge in [0.05, 0.1) is 6.07 Å². The first-order valence-corrected chi connectivity index (χ1v) is 10.4. The molecule has 1 aromatic carbocycles. The number of anilines is 3. The van der Waals surface area contributed by atoms with Gasteiger partial charge in [-0.2, -0.15) is 10.2 Å². The summed E-state index contributed by atoms with van der Waals surface area (Å²) in [5.41, 5.74) is 1.23. The third kappa shape index (κ3) is 5.83. The molecule has 30 heavy (non-hydrogen) atoms. The van der Waals surface area contributed by atoms with E-state index >= 15 is 0 Å². The Morgan fingerprint density at radius 1 is 1.13 bits per heavy atom. The maximum atomic E-state index is 12.4. The van der Waals surface area contributed by atoms with E-state index in [1.165, 1.54) is 5.69 Å². The first-order valence-electron chi connectivity index (χ1n) is 10.4. The first-order chi connectivity index (χ1) is 14.6. The smallest absolute Gasteiger partial charge is 0.243 e. The summed E-state index contributed by atoms with van der Waals surface area (Å²) < 4.78 is 0. The molecular weight excluding hydrogens is 378 g/mol. The molecule has 1 aliphatic heterocycles. The van der Waals surface area contributed by atoms with E-state index in [9.17, 15) is 4.79 Å². The Balaban J connectivity index is 1.63. The van der Waals surface area contributed by atoms with E-state index in [-0.39, 0.29) is 12.5 Å². The lowest BCUT2D eigenvalue weighted by atomic mass is 10.0. The Hall–Kier alpha value is -3.34. The topological polar surface area (TPSA) is 97.2 Å². The molecule has 3 rings (SSSR count). The molecule has 1 aliphatic rings. The van der Waals surface area contributed by atoms with Gasteiger partial charge in [-0.05, 0) is 30.5 Å². The van der Waals surface area contributed by atoms with Crippen molar-refractivity contribution in [3.8, 4) is 6.07 Å². The molecule has 0 saturated carbocycles. The number of aromatic nitrogens is 2. The maximum absolute atomic E-state index is 12.4. The highest BCUT2D eigenvalue weighted by atomic mass is 16.2. The van der Waals surface area contributed by atoms with Crippen LogP contribution in [0.3, 0.4) is 0 Å². The molecule has 0 bridgehead atoms. The van der Waals surface area contributed by atoms with Gasteiger partial charge in [-0.25, -0.2) is 4.98 Å². The Labute approximate surface area is 177 Å². The first kappa shape index (κ1) is 21.4. The number of carbonyl (C=O) groups excluding carboxylic acids is 1. The van der Waals surface area contributed by atoms with E-state index in [2.05, 4.69) is 68.5 Å². The summed E-state index contributed by atoms with van der Waals surface area (Å²) in [7, 11) is 0. The number of piperazine rings is 1. The Morgan fingerprint density at radius 3 is 2.50 bits per heavy atom. The van der Waals surface area contributed by atoms with Crippen LogP contribution in [0.25, 0.3) is 0 Å². The zero-order chi connectivity index (χ0) is 21.3.